The molecule has 0 heterocycles. The van der Waals surface area contributed by atoms with E-state index in [0.29, 0.717) is 4.90 Å². The molecule has 0 aliphatic rings. The van der Waals surface area contributed by atoms with E-state index in [1.165, 1.54) is 0 Å². The molecule has 6 heteroatoms. The number of hydrogen-bond acceptors (Lipinski definition) is 4. The molecular weight excluding hydrogens is 298 g/mol. The molecule has 1 rings (SSSR count). The monoisotopic (exact) mass is 322 g/mol. The second-order valence-corrected chi connectivity index (χ2v) is 7.09. The van der Waals surface area contributed by atoms with Gasteiger partial charge >= 0.3 is 12.2 Å². The zero-order valence-electron chi connectivity index (χ0n) is 14.5. The van der Waals surface area contributed by atoms with E-state index < -0.39 is 29.6 Å². The van der Waals surface area contributed by atoms with Crippen molar-refractivity contribution in [2.24, 2.45) is 0 Å². The zero-order chi connectivity index (χ0) is 17.8. The van der Waals surface area contributed by atoms with E-state index in [1.807, 2.05) is 0 Å². The zero-order valence-corrected chi connectivity index (χ0v) is 14.5. The van der Waals surface area contributed by atoms with Crippen LogP contribution in [-0.2, 0) is 14.6 Å². The third-order valence-corrected chi connectivity index (χ3v) is 2.50. The van der Waals surface area contributed by atoms with Crippen LogP contribution in [0.1, 0.15) is 53.3 Å². The smallest absolute Gasteiger partial charge is 0.422 e. The minimum atomic E-state index is -1.75. The van der Waals surface area contributed by atoms with Crippen molar-refractivity contribution >= 4 is 12.2 Å². The van der Waals surface area contributed by atoms with Crippen molar-refractivity contribution in [3.63, 3.8) is 0 Å². The highest BCUT2D eigenvalue weighted by molar-refractivity contribution is 5.88. The number of nitrogens with zero attached hydrogens (tertiary/aromatic N) is 1. The third kappa shape index (κ3) is 6.28. The number of rotatable bonds is 2. The van der Waals surface area contributed by atoms with Crippen molar-refractivity contribution < 1.29 is 24.2 Å². The van der Waals surface area contributed by atoms with Crippen molar-refractivity contribution in [2.45, 2.75) is 59.0 Å². The number of benzene rings is 1. The average molecular weight is 322 g/mol. The number of carbonyl (C=O) groups excluding carboxylic acids is 2. The van der Waals surface area contributed by atoms with Crippen LogP contribution in [0.15, 0.2) is 30.3 Å². The topological polar surface area (TPSA) is 75.7 Å². The van der Waals surface area contributed by atoms with Crippen LogP contribution >= 0.6 is 0 Å². The van der Waals surface area contributed by atoms with Gasteiger partial charge in [-0.15, -0.1) is 0 Å². The number of imide groups is 1. The highest BCUT2D eigenvalue weighted by Crippen LogP contribution is 2.24. The van der Waals surface area contributed by atoms with Crippen LogP contribution in [0.25, 0.3) is 0 Å². The number of carbonyl (C=O) groups is 2. The minimum absolute atomic E-state index is 0.268. The van der Waals surface area contributed by atoms with E-state index in [1.54, 1.807) is 71.9 Å². The van der Waals surface area contributed by atoms with Crippen molar-refractivity contribution in [3.8, 4) is 0 Å². The first-order valence-electron chi connectivity index (χ1n) is 7.37. The van der Waals surface area contributed by atoms with Crippen LogP contribution in [0, 0.1) is 0 Å². The lowest BCUT2D eigenvalue weighted by Gasteiger charge is -2.30. The van der Waals surface area contributed by atoms with Gasteiger partial charge < -0.3 is 9.47 Å². The Bertz CT molecular complexity index is 514. The summed E-state index contributed by atoms with van der Waals surface area (Å²) >= 11 is 0. The molecule has 1 radical (unpaired) electrons. The Morgan fingerprint density at radius 3 is 1.61 bits per heavy atom. The van der Waals surface area contributed by atoms with Crippen molar-refractivity contribution in [3.05, 3.63) is 35.9 Å². The average Bonchev–Trinajstić information content (AvgIpc) is 2.35. The molecular formula is C17H24NO5. The molecule has 0 aliphatic carbocycles. The van der Waals surface area contributed by atoms with Crippen molar-refractivity contribution in [1.29, 1.82) is 0 Å². The summed E-state index contributed by atoms with van der Waals surface area (Å²) in [4.78, 5) is 25.1. The van der Waals surface area contributed by atoms with E-state index in [-0.39, 0.29) is 5.56 Å². The van der Waals surface area contributed by atoms with E-state index in [0.717, 1.165) is 0 Å². The Hall–Kier alpha value is -2.08. The predicted molar refractivity (Wildman–Crippen MR) is 84.2 cm³/mol. The first-order valence-corrected chi connectivity index (χ1v) is 7.37. The summed E-state index contributed by atoms with van der Waals surface area (Å²) in [5.41, 5.74) is -1.41. The van der Waals surface area contributed by atoms with E-state index in [9.17, 15) is 14.7 Å². The lowest BCUT2D eigenvalue weighted by Crippen LogP contribution is -2.45. The maximum absolute atomic E-state index is 12.6. The Morgan fingerprint density at radius 1 is 0.870 bits per heavy atom. The molecule has 1 aromatic rings. The molecule has 0 aliphatic heterocycles. The molecule has 1 unspecified atom stereocenters. The fraction of sp³-hybridized carbons (Fsp3) is 0.529. The van der Waals surface area contributed by atoms with Gasteiger partial charge in [0, 0.05) is 5.56 Å². The maximum atomic E-state index is 12.6. The Balaban J connectivity index is 3.10. The van der Waals surface area contributed by atoms with Crippen molar-refractivity contribution in [2.75, 3.05) is 0 Å². The van der Waals surface area contributed by atoms with Gasteiger partial charge in [-0.3, -0.25) is 0 Å². The molecule has 0 saturated heterocycles. The highest BCUT2D eigenvalue weighted by Gasteiger charge is 2.37. The summed E-state index contributed by atoms with van der Waals surface area (Å²) in [5.74, 6) is 0. The summed E-state index contributed by atoms with van der Waals surface area (Å²) in [7, 11) is 0. The van der Waals surface area contributed by atoms with Gasteiger partial charge in [0.1, 0.15) is 11.2 Å². The summed E-state index contributed by atoms with van der Waals surface area (Å²) in [5, 5.41) is 12.6. The molecule has 23 heavy (non-hydrogen) atoms. The van der Waals surface area contributed by atoms with E-state index >= 15 is 0 Å². The molecule has 6 nitrogen and oxygen atoms in total. The Kier molecular flexibility index (Phi) is 5.77. The minimum Gasteiger partial charge on any atom is -0.443 e. The van der Waals surface area contributed by atoms with E-state index in [2.05, 4.69) is 0 Å². The van der Waals surface area contributed by atoms with Gasteiger partial charge in [0.25, 0.3) is 0 Å². The molecule has 0 fully saturated rings. The molecule has 127 valence electrons. The second kappa shape index (κ2) is 7.00. The van der Waals surface area contributed by atoms with Gasteiger partial charge in [-0.05, 0) is 41.5 Å². The third-order valence-electron chi connectivity index (χ3n) is 2.50. The van der Waals surface area contributed by atoms with Crippen LogP contribution in [0.2, 0.25) is 0 Å². The fourth-order valence-electron chi connectivity index (χ4n) is 1.65. The normalized spacial score (nSPS) is 13.2. The van der Waals surface area contributed by atoms with Gasteiger partial charge in [-0.2, -0.15) is 4.90 Å². The Morgan fingerprint density at radius 2 is 1.26 bits per heavy atom. The van der Waals surface area contributed by atoms with Crippen LogP contribution < -0.4 is 0 Å². The van der Waals surface area contributed by atoms with Crippen LogP contribution in [0.3, 0.4) is 0 Å². The van der Waals surface area contributed by atoms with Crippen LogP contribution in [0.4, 0.5) is 9.59 Å². The maximum Gasteiger partial charge on any atom is 0.422 e. The van der Waals surface area contributed by atoms with E-state index in [4.69, 9.17) is 9.47 Å². The standard InChI is InChI=1S/C17H24NO5/c1-16(2,3)22-14(20)18(15(21)23-17(4,5)6)13(19)12-10-8-7-9-11-12/h7-11,13H,1-6H3. The fourth-order valence-corrected chi connectivity index (χ4v) is 1.65. The molecule has 0 aromatic heterocycles. The first-order chi connectivity index (χ1) is 10.4. The van der Waals surface area contributed by atoms with Gasteiger partial charge in [0.2, 0.25) is 6.23 Å². The first kappa shape index (κ1) is 19.0. The second-order valence-electron chi connectivity index (χ2n) is 7.09. The van der Waals surface area contributed by atoms with Gasteiger partial charge in [0.15, 0.2) is 0 Å². The highest BCUT2D eigenvalue weighted by atomic mass is 16.6. The quantitative estimate of drug-likeness (QED) is 0.761. The van der Waals surface area contributed by atoms with Gasteiger partial charge in [-0.25, -0.2) is 14.7 Å². The molecule has 0 N–H and O–H groups in total. The molecule has 1 aromatic carbocycles. The summed E-state index contributed by atoms with van der Waals surface area (Å²) in [6, 6.07) is 8.13. The summed E-state index contributed by atoms with van der Waals surface area (Å²) in [6.45, 7) is 9.92. The molecule has 0 spiro atoms. The summed E-state index contributed by atoms with van der Waals surface area (Å²) in [6.07, 6.45) is -3.81. The van der Waals surface area contributed by atoms with Gasteiger partial charge in [-0.1, -0.05) is 30.3 Å². The molecule has 0 saturated carbocycles. The molecule has 1 atom stereocenters. The molecule has 0 bridgehead atoms. The van der Waals surface area contributed by atoms with Crippen molar-refractivity contribution in [1.82, 2.24) is 4.90 Å². The summed E-state index contributed by atoms with van der Waals surface area (Å²) < 4.78 is 10.3. The SMILES string of the molecule is CC(C)(C)OC(=O)N(C(=O)OC(C)(C)C)C([O])c1ccccc1. The lowest BCUT2D eigenvalue weighted by atomic mass is 10.2. The van der Waals surface area contributed by atoms with Gasteiger partial charge in [0.05, 0.1) is 0 Å². The lowest BCUT2D eigenvalue weighted by molar-refractivity contribution is -0.0684. The predicted octanol–water partition coefficient (Wildman–Crippen LogP) is 4.29. The number of hydrogen-bond donors (Lipinski definition) is 0. The van der Waals surface area contributed by atoms with Crippen LogP contribution in [-0.4, -0.2) is 28.3 Å². The number of amides is 2. The number of ether oxygens (including phenoxy) is 2. The molecule has 2 amide bonds. The Labute approximate surface area is 137 Å². The largest absolute Gasteiger partial charge is 0.443 e. The van der Waals surface area contributed by atoms with Crippen LogP contribution in [0.5, 0.6) is 0 Å².